The van der Waals surface area contributed by atoms with Crippen LogP contribution >= 0.6 is 58.8 Å². The lowest BCUT2D eigenvalue weighted by molar-refractivity contribution is -0.867. The molecule has 0 N–H and O–H groups in total. The maximum atomic E-state index is 11.5. The highest BCUT2D eigenvalue weighted by Crippen LogP contribution is 2.20. The summed E-state index contributed by atoms with van der Waals surface area (Å²) in [4.78, 5) is 23.5. The summed E-state index contributed by atoms with van der Waals surface area (Å²) in [6, 6.07) is 0.0164. The molecule has 3 rings (SSSR count). The van der Waals surface area contributed by atoms with Gasteiger partial charge in [-0.05, 0) is 92.7 Å². The molecule has 1 unspecified atom stereocenters. The second-order valence-electron chi connectivity index (χ2n) is 18.7. The molecule has 1 atom stereocenters. The first kappa shape index (κ1) is 65.5. The quantitative estimate of drug-likeness (QED) is 0.0962. The molecule has 60 heavy (non-hydrogen) atoms. The van der Waals surface area contributed by atoms with Gasteiger partial charge in [0.1, 0.15) is 6.04 Å². The minimum absolute atomic E-state index is 0. The van der Waals surface area contributed by atoms with Crippen molar-refractivity contribution in [2.75, 3.05) is 157 Å². The van der Waals surface area contributed by atoms with Crippen LogP contribution < -0.4 is 12.4 Å². The van der Waals surface area contributed by atoms with Gasteiger partial charge in [0, 0.05) is 81.1 Å². The van der Waals surface area contributed by atoms with Gasteiger partial charge in [-0.2, -0.15) is 58.8 Å². The average Bonchev–Trinajstić information content (AvgIpc) is 3.61. The molecule has 0 bridgehead atoms. The SMILES string of the molecule is CC(C)SCCN(C)C.CC(C)SCCN1CCCCC1.CC(C)SCCN1CCN(C)CC1.CC(C)SCC[N+](C)(C)C.COC(=O)C1CCCN1CCSC(C)C.[Cl-]. The van der Waals surface area contributed by atoms with Crippen molar-refractivity contribution >= 4 is 64.8 Å². The van der Waals surface area contributed by atoms with Crippen LogP contribution in [0.3, 0.4) is 0 Å². The second-order valence-corrected chi connectivity index (χ2v) is 27.1. The van der Waals surface area contributed by atoms with Gasteiger partial charge in [0.05, 0.1) is 34.8 Å². The number of piperazine rings is 1. The van der Waals surface area contributed by atoms with Crippen molar-refractivity contribution in [1.29, 1.82) is 0 Å². The maximum Gasteiger partial charge on any atom is 0.323 e. The largest absolute Gasteiger partial charge is 1.00 e. The maximum absolute atomic E-state index is 11.5. The highest BCUT2D eigenvalue weighted by Gasteiger charge is 2.30. The Labute approximate surface area is 403 Å². The van der Waals surface area contributed by atoms with Gasteiger partial charge in [0.2, 0.25) is 0 Å². The van der Waals surface area contributed by atoms with E-state index in [1.807, 2.05) is 35.3 Å². The topological polar surface area (TPSA) is 42.5 Å². The van der Waals surface area contributed by atoms with Crippen LogP contribution in [-0.4, -0.2) is 224 Å². The molecule has 0 aliphatic carbocycles. The number of halogens is 1. The van der Waals surface area contributed by atoms with Crippen LogP contribution in [0.4, 0.5) is 0 Å². The van der Waals surface area contributed by atoms with Crippen LogP contribution in [0, 0.1) is 0 Å². The Balaban J connectivity index is -0.000000682. The van der Waals surface area contributed by atoms with E-state index in [-0.39, 0.29) is 24.4 Å². The minimum Gasteiger partial charge on any atom is -1.00 e. The Hall–Kier alpha value is 1.27. The van der Waals surface area contributed by atoms with Crippen LogP contribution in [-0.2, 0) is 9.53 Å². The Kier molecular flexibility index (Phi) is 45.5. The van der Waals surface area contributed by atoms with Gasteiger partial charge >= 0.3 is 5.97 Å². The summed E-state index contributed by atoms with van der Waals surface area (Å²) in [5.41, 5.74) is 0. The number of likely N-dealkylation sites (N-methyl/N-ethyl adjacent to an activating group) is 1. The predicted molar refractivity (Wildman–Crippen MR) is 280 cm³/mol. The van der Waals surface area contributed by atoms with Crippen molar-refractivity contribution in [3.8, 4) is 0 Å². The summed E-state index contributed by atoms with van der Waals surface area (Å²) < 4.78 is 5.89. The van der Waals surface area contributed by atoms with Crippen LogP contribution in [0.25, 0.3) is 0 Å². The van der Waals surface area contributed by atoms with E-state index < -0.39 is 0 Å². The van der Waals surface area contributed by atoms with Crippen LogP contribution in [0.5, 0.6) is 0 Å². The number of rotatable bonds is 21. The first-order valence-electron chi connectivity index (χ1n) is 23.1. The van der Waals surface area contributed by atoms with Crippen molar-refractivity contribution in [3.63, 3.8) is 0 Å². The number of ether oxygens (including phenoxy) is 1. The summed E-state index contributed by atoms with van der Waals surface area (Å²) in [5.74, 6) is 6.18. The molecule has 0 aromatic heterocycles. The van der Waals surface area contributed by atoms with E-state index >= 15 is 0 Å². The molecule has 8 nitrogen and oxygen atoms in total. The number of methoxy groups -OCH3 is 1. The van der Waals surface area contributed by atoms with Crippen molar-refractivity contribution < 1.29 is 26.4 Å². The lowest BCUT2D eigenvalue weighted by Crippen LogP contribution is -3.00. The monoisotopic (exact) mass is 965 g/mol. The summed E-state index contributed by atoms with van der Waals surface area (Å²) >= 11 is 10.2. The standard InChI is InChI=1S/C11H21NO2S.C10H22N2S.C10H21NS.C8H20NS.C7H17NS.ClH/c1-9(2)15-8-7-12-6-4-5-10(12)11(13)14-3;1-10(2)13-9-8-12-6-4-11(3)5-7-12;1-10(2)12-9-8-11-6-4-3-5-7-11;1-8(2)10-7-6-9(3,4)5;1-7(2)9-6-5-8(3)4;/h9-10H,4-8H2,1-3H3;10H,4-9H2,1-3H3;10H,3-9H2,1-2H3;8H,6-7H2,1-5H3;7H,5-6H2,1-4H3;1H/q;;;+1;;/p-1. The first-order valence-corrected chi connectivity index (χ1v) is 28.4. The third-order valence-corrected chi connectivity index (χ3v) is 15.1. The summed E-state index contributed by atoms with van der Waals surface area (Å²) in [6.07, 6.45) is 6.37. The summed E-state index contributed by atoms with van der Waals surface area (Å²) in [5, 5.41) is 3.82. The van der Waals surface area contributed by atoms with E-state index in [1.165, 1.54) is 115 Å². The molecule has 3 aliphatic rings. The van der Waals surface area contributed by atoms with Crippen LogP contribution in [0.1, 0.15) is 101 Å². The molecule has 3 fully saturated rings. The molecule has 0 saturated carbocycles. The summed E-state index contributed by atoms with van der Waals surface area (Å²) in [6.45, 7) is 37.3. The Bertz CT molecular complexity index is 927. The third kappa shape index (κ3) is 45.8. The highest BCUT2D eigenvalue weighted by atomic mass is 35.5. The van der Waals surface area contributed by atoms with Gasteiger partial charge in [-0.3, -0.25) is 14.6 Å². The van der Waals surface area contributed by atoms with Gasteiger partial charge < -0.3 is 36.3 Å². The number of hydrogen-bond donors (Lipinski definition) is 0. The van der Waals surface area contributed by atoms with Crippen molar-refractivity contribution in [1.82, 2.24) is 24.5 Å². The Morgan fingerprint density at radius 2 is 1.02 bits per heavy atom. The molecule has 14 heteroatoms. The molecule has 3 saturated heterocycles. The minimum atomic E-state index is -0.0675. The third-order valence-electron chi connectivity index (χ3n) is 9.63. The zero-order valence-electron chi connectivity index (χ0n) is 42.4. The fourth-order valence-corrected chi connectivity index (χ4v) is 10.6. The first-order chi connectivity index (χ1) is 27.7. The molecule has 0 spiro atoms. The molecule has 0 amide bonds. The number of thioether (sulfide) groups is 5. The lowest BCUT2D eigenvalue weighted by atomic mass is 10.1. The van der Waals surface area contributed by atoms with Gasteiger partial charge in [0.25, 0.3) is 0 Å². The number of nitrogens with zero attached hydrogens (tertiary/aromatic N) is 6. The van der Waals surface area contributed by atoms with Crippen LogP contribution in [0.15, 0.2) is 0 Å². The van der Waals surface area contributed by atoms with E-state index in [0.29, 0.717) is 5.25 Å². The number of carbonyl (C=O) groups is 1. The molecule has 3 heterocycles. The second kappa shape index (κ2) is 41.7. The van der Waals surface area contributed by atoms with E-state index in [9.17, 15) is 4.79 Å². The molecular formula is C46H101ClN6O2S5. The van der Waals surface area contributed by atoms with E-state index in [1.54, 1.807) is 0 Å². The normalized spacial score (nSPS) is 18.0. The Morgan fingerprint density at radius 1 is 0.600 bits per heavy atom. The molecule has 364 valence electrons. The highest BCUT2D eigenvalue weighted by molar-refractivity contribution is 8.00. The van der Waals surface area contributed by atoms with Gasteiger partial charge in [-0.1, -0.05) is 75.7 Å². The molecule has 0 aromatic rings. The molecule has 0 aromatic carbocycles. The number of piperidine rings is 1. The number of quaternary nitrogens is 1. The fraction of sp³-hybridized carbons (Fsp3) is 0.978. The molecular weight excluding hydrogens is 864 g/mol. The van der Waals surface area contributed by atoms with Gasteiger partial charge in [-0.25, -0.2) is 0 Å². The van der Waals surface area contributed by atoms with E-state index in [2.05, 4.69) is 160 Å². The van der Waals surface area contributed by atoms with E-state index in [0.717, 1.165) is 57.2 Å². The number of likely N-dealkylation sites (tertiary alicyclic amines) is 2. The Morgan fingerprint density at radius 3 is 1.43 bits per heavy atom. The summed E-state index contributed by atoms with van der Waals surface area (Å²) in [7, 11) is 14.6. The zero-order valence-corrected chi connectivity index (χ0v) is 47.3. The van der Waals surface area contributed by atoms with Gasteiger partial charge in [0.15, 0.2) is 0 Å². The lowest BCUT2D eigenvalue weighted by Gasteiger charge is -2.32. The zero-order chi connectivity index (χ0) is 45.2. The van der Waals surface area contributed by atoms with Gasteiger partial charge in [-0.15, -0.1) is 0 Å². The number of carbonyl (C=O) groups excluding carboxylic acids is 1. The smallest absolute Gasteiger partial charge is 0.323 e. The van der Waals surface area contributed by atoms with Crippen molar-refractivity contribution in [2.24, 2.45) is 0 Å². The number of hydrogen-bond acceptors (Lipinski definition) is 12. The van der Waals surface area contributed by atoms with Crippen molar-refractivity contribution in [3.05, 3.63) is 0 Å². The number of esters is 1. The molecule has 0 radical (unpaired) electrons. The average molecular weight is 966 g/mol. The van der Waals surface area contributed by atoms with Crippen molar-refractivity contribution in [2.45, 2.75) is 134 Å². The van der Waals surface area contributed by atoms with Crippen LogP contribution in [0.2, 0.25) is 0 Å². The van der Waals surface area contributed by atoms with E-state index in [4.69, 9.17) is 4.74 Å². The fourth-order valence-electron chi connectivity index (χ4n) is 6.03. The molecule has 3 aliphatic heterocycles. The predicted octanol–water partition coefficient (Wildman–Crippen LogP) is 6.28.